The fourth-order valence-corrected chi connectivity index (χ4v) is 4.20. The lowest BCUT2D eigenvalue weighted by Crippen LogP contribution is -2.42. The molecule has 0 spiro atoms. The number of amides is 1. The van der Waals surface area contributed by atoms with E-state index in [4.69, 9.17) is 5.11 Å². The van der Waals surface area contributed by atoms with Crippen LogP contribution < -0.4 is 5.32 Å². The van der Waals surface area contributed by atoms with Crippen molar-refractivity contribution < 1.29 is 14.7 Å². The third kappa shape index (κ3) is 4.77. The van der Waals surface area contributed by atoms with Crippen molar-refractivity contribution in [1.29, 1.82) is 0 Å². The van der Waals surface area contributed by atoms with Gasteiger partial charge in [0.1, 0.15) is 0 Å². The second kappa shape index (κ2) is 8.22. The predicted molar refractivity (Wildman–Crippen MR) is 88.0 cm³/mol. The van der Waals surface area contributed by atoms with Gasteiger partial charge in [-0.3, -0.25) is 9.59 Å². The van der Waals surface area contributed by atoms with Gasteiger partial charge in [-0.25, -0.2) is 0 Å². The molecule has 0 atom stereocenters. The summed E-state index contributed by atoms with van der Waals surface area (Å²) in [4.78, 5) is 24.2. The van der Waals surface area contributed by atoms with Crippen LogP contribution in [0, 0.1) is 0 Å². The average Bonchev–Trinajstić information content (AvgIpc) is 2.97. The molecule has 1 aromatic rings. The van der Waals surface area contributed by atoms with Crippen LogP contribution in [0.4, 0.5) is 0 Å². The zero-order valence-corrected chi connectivity index (χ0v) is 13.5. The van der Waals surface area contributed by atoms with Gasteiger partial charge in [0.2, 0.25) is 5.91 Å². The van der Waals surface area contributed by atoms with Gasteiger partial charge in [-0.1, -0.05) is 31.0 Å². The van der Waals surface area contributed by atoms with Crippen LogP contribution in [0.25, 0.3) is 0 Å². The van der Waals surface area contributed by atoms with Crippen molar-refractivity contribution in [3.63, 3.8) is 0 Å². The second-order valence-corrected chi connectivity index (χ2v) is 7.18. The summed E-state index contributed by atoms with van der Waals surface area (Å²) in [6.45, 7) is 0.559. The zero-order valence-electron chi connectivity index (χ0n) is 12.7. The van der Waals surface area contributed by atoms with Gasteiger partial charge in [0.15, 0.2) is 0 Å². The molecule has 2 rings (SSSR count). The highest BCUT2D eigenvalue weighted by Gasteiger charge is 2.41. The average molecular weight is 321 g/mol. The van der Waals surface area contributed by atoms with Crippen molar-refractivity contribution in [1.82, 2.24) is 5.32 Å². The summed E-state index contributed by atoms with van der Waals surface area (Å²) < 4.78 is -0.353. The second-order valence-electron chi connectivity index (χ2n) is 5.72. The van der Waals surface area contributed by atoms with Gasteiger partial charge in [0, 0.05) is 17.9 Å². The van der Waals surface area contributed by atoms with Crippen molar-refractivity contribution in [2.24, 2.45) is 0 Å². The molecule has 0 bridgehead atoms. The summed E-state index contributed by atoms with van der Waals surface area (Å²) in [6, 6.07) is 10.1. The molecule has 0 aliphatic heterocycles. The Labute approximate surface area is 135 Å². The standard InChI is InChI=1S/C17H23NO3S/c19-15(20)10-4-7-13-18-16(21)17(11-5-6-12-17)22-14-8-2-1-3-9-14/h1-3,8-9H,4-7,10-13H2,(H,18,21)(H,19,20). The molecule has 5 heteroatoms. The van der Waals surface area contributed by atoms with E-state index in [0.717, 1.165) is 30.6 Å². The smallest absolute Gasteiger partial charge is 0.303 e. The molecule has 0 radical (unpaired) electrons. The van der Waals surface area contributed by atoms with Crippen LogP contribution in [-0.4, -0.2) is 28.3 Å². The van der Waals surface area contributed by atoms with E-state index in [0.29, 0.717) is 19.4 Å². The molecular formula is C17H23NO3S. The number of carboxylic acid groups (broad SMARTS) is 1. The largest absolute Gasteiger partial charge is 0.481 e. The van der Waals surface area contributed by atoms with E-state index in [1.807, 2.05) is 30.3 Å². The maximum absolute atomic E-state index is 12.6. The molecule has 1 saturated carbocycles. The van der Waals surface area contributed by atoms with Crippen molar-refractivity contribution >= 4 is 23.6 Å². The minimum absolute atomic E-state index is 0.106. The maximum Gasteiger partial charge on any atom is 0.303 e. The number of thioether (sulfide) groups is 1. The molecule has 0 heterocycles. The van der Waals surface area contributed by atoms with Crippen LogP contribution in [-0.2, 0) is 9.59 Å². The van der Waals surface area contributed by atoms with Gasteiger partial charge in [-0.05, 0) is 37.8 Å². The molecule has 1 fully saturated rings. The molecule has 120 valence electrons. The van der Waals surface area contributed by atoms with Gasteiger partial charge >= 0.3 is 5.97 Å². The summed E-state index contributed by atoms with van der Waals surface area (Å²) in [6.07, 6.45) is 5.48. The molecule has 1 aliphatic carbocycles. The SMILES string of the molecule is O=C(O)CCCCNC(=O)C1(Sc2ccccc2)CCCC1. The topological polar surface area (TPSA) is 66.4 Å². The number of nitrogens with one attached hydrogen (secondary N) is 1. The summed E-state index contributed by atoms with van der Waals surface area (Å²) in [7, 11) is 0. The molecule has 22 heavy (non-hydrogen) atoms. The summed E-state index contributed by atoms with van der Waals surface area (Å²) >= 11 is 1.67. The monoisotopic (exact) mass is 321 g/mol. The van der Waals surface area contributed by atoms with E-state index < -0.39 is 5.97 Å². The Kier molecular flexibility index (Phi) is 6.31. The summed E-state index contributed by atoms with van der Waals surface area (Å²) in [5.74, 6) is -0.674. The molecule has 1 aromatic carbocycles. The summed E-state index contributed by atoms with van der Waals surface area (Å²) in [5, 5.41) is 11.6. The van der Waals surface area contributed by atoms with Gasteiger partial charge in [0.25, 0.3) is 0 Å². The molecule has 1 aliphatic rings. The predicted octanol–water partition coefficient (Wildman–Crippen LogP) is 3.46. The first-order valence-electron chi connectivity index (χ1n) is 7.87. The third-order valence-electron chi connectivity index (χ3n) is 3.98. The zero-order chi connectivity index (χ0) is 15.8. The lowest BCUT2D eigenvalue weighted by Gasteiger charge is -2.27. The molecule has 0 unspecified atom stereocenters. The Morgan fingerprint density at radius 2 is 1.82 bits per heavy atom. The van der Waals surface area contributed by atoms with Gasteiger partial charge in [0.05, 0.1) is 4.75 Å². The van der Waals surface area contributed by atoms with Gasteiger partial charge in [-0.2, -0.15) is 0 Å². The van der Waals surface area contributed by atoms with Crippen molar-refractivity contribution in [2.45, 2.75) is 54.6 Å². The van der Waals surface area contributed by atoms with Crippen molar-refractivity contribution in [2.75, 3.05) is 6.54 Å². The lowest BCUT2D eigenvalue weighted by molar-refractivity contribution is -0.137. The van der Waals surface area contributed by atoms with Crippen LogP contribution in [0.2, 0.25) is 0 Å². The number of carboxylic acids is 1. The molecule has 0 aromatic heterocycles. The van der Waals surface area contributed by atoms with E-state index in [9.17, 15) is 9.59 Å². The van der Waals surface area contributed by atoms with Gasteiger partial charge < -0.3 is 10.4 Å². The molecule has 1 amide bonds. The number of carbonyl (C=O) groups is 2. The van der Waals surface area contributed by atoms with Gasteiger partial charge in [-0.15, -0.1) is 11.8 Å². The first-order valence-corrected chi connectivity index (χ1v) is 8.68. The van der Waals surface area contributed by atoms with E-state index in [1.165, 1.54) is 0 Å². The van der Waals surface area contributed by atoms with Crippen molar-refractivity contribution in [3.05, 3.63) is 30.3 Å². The number of aliphatic carboxylic acids is 1. The maximum atomic E-state index is 12.6. The highest BCUT2D eigenvalue weighted by molar-refractivity contribution is 8.01. The Bertz CT molecular complexity index is 498. The fourth-order valence-electron chi connectivity index (χ4n) is 2.80. The highest BCUT2D eigenvalue weighted by atomic mass is 32.2. The lowest BCUT2D eigenvalue weighted by atomic mass is 10.1. The Balaban J connectivity index is 1.87. The van der Waals surface area contributed by atoms with Crippen LogP contribution in [0.1, 0.15) is 44.9 Å². The minimum atomic E-state index is -0.779. The molecule has 4 nitrogen and oxygen atoms in total. The van der Waals surface area contributed by atoms with Crippen LogP contribution in [0.15, 0.2) is 35.2 Å². The van der Waals surface area contributed by atoms with E-state index in [-0.39, 0.29) is 17.1 Å². The fraction of sp³-hybridized carbons (Fsp3) is 0.529. The highest BCUT2D eigenvalue weighted by Crippen LogP contribution is 2.45. The number of rotatable bonds is 8. The number of unbranched alkanes of at least 4 members (excludes halogenated alkanes) is 1. The number of hydrogen-bond acceptors (Lipinski definition) is 3. The number of benzene rings is 1. The Morgan fingerprint density at radius 1 is 1.14 bits per heavy atom. The quantitative estimate of drug-likeness (QED) is 0.720. The summed E-state index contributed by atoms with van der Waals surface area (Å²) in [5.41, 5.74) is 0. The van der Waals surface area contributed by atoms with E-state index in [2.05, 4.69) is 5.32 Å². The van der Waals surface area contributed by atoms with Crippen molar-refractivity contribution in [3.8, 4) is 0 Å². The van der Waals surface area contributed by atoms with Crippen LogP contribution in [0.3, 0.4) is 0 Å². The van der Waals surface area contributed by atoms with Crippen LogP contribution >= 0.6 is 11.8 Å². The number of carbonyl (C=O) groups excluding carboxylic acids is 1. The number of hydrogen-bond donors (Lipinski definition) is 2. The Morgan fingerprint density at radius 3 is 2.45 bits per heavy atom. The van der Waals surface area contributed by atoms with E-state index >= 15 is 0 Å². The molecule has 2 N–H and O–H groups in total. The van der Waals surface area contributed by atoms with E-state index in [1.54, 1.807) is 11.8 Å². The third-order valence-corrected chi connectivity index (χ3v) is 5.48. The first kappa shape index (κ1) is 16.9. The molecular weight excluding hydrogens is 298 g/mol. The first-order chi connectivity index (χ1) is 10.6. The van der Waals surface area contributed by atoms with Crippen LogP contribution in [0.5, 0.6) is 0 Å². The minimum Gasteiger partial charge on any atom is -0.481 e. The molecule has 0 saturated heterocycles. The normalized spacial score (nSPS) is 16.4. The Hall–Kier alpha value is -1.49.